The number of carbonyl (C=O) groups is 2. The Morgan fingerprint density at radius 3 is 2.41 bits per heavy atom. The maximum atomic E-state index is 11.8. The number of hydrogen-bond acceptors (Lipinski definition) is 4. The zero-order valence-electron chi connectivity index (χ0n) is 10.7. The summed E-state index contributed by atoms with van der Waals surface area (Å²) in [5.74, 6) is -1.09. The lowest BCUT2D eigenvalue weighted by Gasteiger charge is -2.23. The smallest absolute Gasteiger partial charge is 0.323 e. The van der Waals surface area contributed by atoms with Crippen molar-refractivity contribution in [1.82, 2.24) is 4.90 Å². The highest BCUT2D eigenvalue weighted by atomic mass is 16.5. The number of rotatable bonds is 8. The number of carbonyl (C=O) groups excluding carboxylic acids is 1. The van der Waals surface area contributed by atoms with E-state index in [1.165, 1.54) is 12.0 Å². The quantitative estimate of drug-likeness (QED) is 0.625. The zero-order valence-corrected chi connectivity index (χ0v) is 10.7. The summed E-state index contributed by atoms with van der Waals surface area (Å²) in [7, 11) is 1.50. The molecule has 0 bridgehead atoms. The van der Waals surface area contributed by atoms with Gasteiger partial charge >= 0.3 is 5.97 Å². The first kappa shape index (κ1) is 15.9. The Morgan fingerprint density at radius 2 is 2.00 bits per heavy atom. The normalized spacial score (nSPS) is 12.5. The van der Waals surface area contributed by atoms with Crippen molar-refractivity contribution in [2.45, 2.75) is 26.3 Å². The van der Waals surface area contributed by atoms with Crippen LogP contribution in [-0.4, -0.2) is 54.7 Å². The summed E-state index contributed by atoms with van der Waals surface area (Å²) in [5.41, 5.74) is 5.79. The van der Waals surface area contributed by atoms with E-state index in [4.69, 9.17) is 15.6 Å². The fraction of sp³-hybridized carbons (Fsp3) is 0.818. The Labute approximate surface area is 102 Å². The van der Waals surface area contributed by atoms with Gasteiger partial charge in [-0.05, 0) is 5.92 Å². The maximum Gasteiger partial charge on any atom is 0.323 e. The highest BCUT2D eigenvalue weighted by Gasteiger charge is 2.20. The van der Waals surface area contributed by atoms with Crippen molar-refractivity contribution in [3.8, 4) is 0 Å². The SMILES string of the molecule is COCCN(CC(=O)O)C(=O)CC(N)C(C)C. The lowest BCUT2D eigenvalue weighted by molar-refractivity contribution is -0.145. The first-order valence-electron chi connectivity index (χ1n) is 5.62. The number of amides is 1. The van der Waals surface area contributed by atoms with Crippen molar-refractivity contribution < 1.29 is 19.4 Å². The monoisotopic (exact) mass is 246 g/mol. The van der Waals surface area contributed by atoms with E-state index in [2.05, 4.69) is 0 Å². The molecule has 0 aliphatic rings. The molecule has 1 atom stereocenters. The average Bonchev–Trinajstić information content (AvgIpc) is 2.23. The van der Waals surface area contributed by atoms with E-state index in [1.54, 1.807) is 0 Å². The van der Waals surface area contributed by atoms with E-state index < -0.39 is 5.97 Å². The zero-order chi connectivity index (χ0) is 13.4. The molecule has 0 aromatic carbocycles. The number of nitrogens with two attached hydrogens (primary N) is 1. The van der Waals surface area contributed by atoms with Gasteiger partial charge in [0.2, 0.25) is 5.91 Å². The van der Waals surface area contributed by atoms with Crippen molar-refractivity contribution >= 4 is 11.9 Å². The van der Waals surface area contributed by atoms with Crippen LogP contribution in [0, 0.1) is 5.92 Å². The van der Waals surface area contributed by atoms with E-state index in [0.717, 1.165) is 0 Å². The molecule has 0 aliphatic heterocycles. The van der Waals surface area contributed by atoms with Gasteiger partial charge in [-0.25, -0.2) is 0 Å². The van der Waals surface area contributed by atoms with Crippen LogP contribution in [0.2, 0.25) is 0 Å². The van der Waals surface area contributed by atoms with E-state index in [-0.39, 0.29) is 37.4 Å². The molecule has 6 nitrogen and oxygen atoms in total. The van der Waals surface area contributed by atoms with Gasteiger partial charge in [-0.15, -0.1) is 0 Å². The third-order valence-corrected chi connectivity index (χ3v) is 2.51. The van der Waals surface area contributed by atoms with Crippen LogP contribution in [0.25, 0.3) is 0 Å². The van der Waals surface area contributed by atoms with Gasteiger partial charge in [0.05, 0.1) is 6.61 Å². The third-order valence-electron chi connectivity index (χ3n) is 2.51. The molecular weight excluding hydrogens is 224 g/mol. The first-order valence-corrected chi connectivity index (χ1v) is 5.62. The number of hydrogen-bond donors (Lipinski definition) is 2. The molecule has 6 heteroatoms. The van der Waals surface area contributed by atoms with Gasteiger partial charge in [0.1, 0.15) is 6.54 Å². The second kappa shape index (κ2) is 8.03. The minimum absolute atomic E-state index is 0.161. The number of ether oxygens (including phenoxy) is 1. The van der Waals surface area contributed by atoms with Crippen LogP contribution in [0.15, 0.2) is 0 Å². The molecule has 1 amide bonds. The van der Waals surface area contributed by atoms with Gasteiger partial charge < -0.3 is 20.5 Å². The van der Waals surface area contributed by atoms with Crippen LogP contribution >= 0.6 is 0 Å². The van der Waals surface area contributed by atoms with Crippen LogP contribution in [0.1, 0.15) is 20.3 Å². The fourth-order valence-electron chi connectivity index (χ4n) is 1.22. The predicted octanol–water partition coefficient (Wildman–Crippen LogP) is -0.0806. The van der Waals surface area contributed by atoms with Crippen molar-refractivity contribution in [1.29, 1.82) is 0 Å². The first-order chi connectivity index (χ1) is 7.88. The standard InChI is InChI=1S/C11H22N2O4/c1-8(2)9(12)6-10(14)13(4-5-17-3)7-11(15)16/h8-9H,4-7,12H2,1-3H3,(H,15,16). The number of carboxylic acids is 1. The van der Waals surface area contributed by atoms with Crippen molar-refractivity contribution in [3.63, 3.8) is 0 Å². The molecule has 0 aliphatic carbocycles. The van der Waals surface area contributed by atoms with Crippen molar-refractivity contribution in [3.05, 3.63) is 0 Å². The summed E-state index contributed by atoms with van der Waals surface area (Å²) in [4.78, 5) is 23.7. The van der Waals surface area contributed by atoms with Crippen LogP contribution in [0.5, 0.6) is 0 Å². The molecule has 17 heavy (non-hydrogen) atoms. The Morgan fingerprint density at radius 1 is 1.41 bits per heavy atom. The second-order valence-electron chi connectivity index (χ2n) is 4.31. The highest BCUT2D eigenvalue weighted by Crippen LogP contribution is 2.05. The number of nitrogens with zero attached hydrogens (tertiary/aromatic N) is 1. The average molecular weight is 246 g/mol. The van der Waals surface area contributed by atoms with Crippen molar-refractivity contribution in [2.75, 3.05) is 26.8 Å². The predicted molar refractivity (Wildman–Crippen MR) is 63.5 cm³/mol. The minimum Gasteiger partial charge on any atom is -0.480 e. The van der Waals surface area contributed by atoms with Gasteiger partial charge in [0.25, 0.3) is 0 Å². The molecule has 0 aromatic heterocycles. The molecule has 1 unspecified atom stereocenters. The molecule has 0 fully saturated rings. The number of carboxylic acid groups (broad SMARTS) is 1. The molecule has 0 rings (SSSR count). The number of methoxy groups -OCH3 is 1. The van der Waals surface area contributed by atoms with Gasteiger partial charge in [-0.3, -0.25) is 9.59 Å². The van der Waals surface area contributed by atoms with Gasteiger partial charge in [-0.1, -0.05) is 13.8 Å². The molecule has 0 aromatic rings. The van der Waals surface area contributed by atoms with Gasteiger partial charge in [0, 0.05) is 26.1 Å². The summed E-state index contributed by atoms with van der Waals surface area (Å²) in [6.45, 7) is 4.12. The summed E-state index contributed by atoms with van der Waals surface area (Å²) in [6.07, 6.45) is 0.161. The Kier molecular flexibility index (Phi) is 7.49. The molecule has 0 radical (unpaired) electrons. The third kappa shape index (κ3) is 6.91. The molecule has 3 N–H and O–H groups in total. The topological polar surface area (TPSA) is 92.9 Å². The number of aliphatic carboxylic acids is 1. The Bertz CT molecular complexity index is 256. The van der Waals surface area contributed by atoms with E-state index >= 15 is 0 Å². The van der Waals surface area contributed by atoms with Gasteiger partial charge in [-0.2, -0.15) is 0 Å². The van der Waals surface area contributed by atoms with E-state index in [9.17, 15) is 9.59 Å². The lowest BCUT2D eigenvalue weighted by atomic mass is 10.0. The summed E-state index contributed by atoms with van der Waals surface area (Å²) in [5, 5.41) is 8.71. The van der Waals surface area contributed by atoms with E-state index in [0.29, 0.717) is 6.61 Å². The highest BCUT2D eigenvalue weighted by molar-refractivity contribution is 5.81. The lowest BCUT2D eigenvalue weighted by Crippen LogP contribution is -2.41. The second-order valence-corrected chi connectivity index (χ2v) is 4.31. The van der Waals surface area contributed by atoms with Crippen LogP contribution < -0.4 is 5.73 Å². The summed E-state index contributed by atoms with van der Waals surface area (Å²) < 4.78 is 4.84. The maximum absolute atomic E-state index is 11.8. The van der Waals surface area contributed by atoms with Crippen LogP contribution in [-0.2, 0) is 14.3 Å². The largest absolute Gasteiger partial charge is 0.480 e. The Balaban J connectivity index is 4.35. The minimum atomic E-state index is -1.03. The molecule has 0 saturated carbocycles. The van der Waals surface area contributed by atoms with Crippen LogP contribution in [0.3, 0.4) is 0 Å². The fourth-order valence-corrected chi connectivity index (χ4v) is 1.22. The molecular formula is C11H22N2O4. The molecule has 0 spiro atoms. The molecule has 0 saturated heterocycles. The summed E-state index contributed by atoms with van der Waals surface area (Å²) in [6, 6.07) is -0.249. The summed E-state index contributed by atoms with van der Waals surface area (Å²) >= 11 is 0. The Hall–Kier alpha value is -1.14. The molecule has 0 heterocycles. The van der Waals surface area contributed by atoms with Crippen LogP contribution in [0.4, 0.5) is 0 Å². The van der Waals surface area contributed by atoms with Crippen molar-refractivity contribution in [2.24, 2.45) is 11.7 Å². The van der Waals surface area contributed by atoms with E-state index in [1.807, 2.05) is 13.8 Å². The van der Waals surface area contributed by atoms with Gasteiger partial charge in [0.15, 0.2) is 0 Å². The molecule has 100 valence electrons.